The molecule has 17 unspecified atom stereocenters. The summed E-state index contributed by atoms with van der Waals surface area (Å²) >= 11 is 0. The van der Waals surface area contributed by atoms with Crippen LogP contribution in [0.25, 0.3) is 0 Å². The Bertz CT molecular complexity index is 2570. The molecule has 6 aliphatic heterocycles. The molecule has 5 amide bonds. The van der Waals surface area contributed by atoms with Gasteiger partial charge < -0.3 is 149 Å². The van der Waals surface area contributed by atoms with Crippen molar-refractivity contribution in [3.63, 3.8) is 0 Å². The van der Waals surface area contributed by atoms with Gasteiger partial charge >= 0.3 is 5.97 Å². The lowest BCUT2D eigenvalue weighted by Crippen LogP contribution is -2.72. The topological polar surface area (TPSA) is 525 Å². The fourth-order valence-corrected chi connectivity index (χ4v) is 13.2. The zero-order valence-corrected chi connectivity index (χ0v) is 58.5. The lowest BCUT2D eigenvalue weighted by Gasteiger charge is -2.51. The first-order chi connectivity index (χ1) is 48.1. The Morgan fingerprint density at radius 2 is 0.782 bits per heavy atom. The second-order valence-electron chi connectivity index (χ2n) is 26.5. The van der Waals surface area contributed by atoms with E-state index in [0.29, 0.717) is 6.42 Å². The second kappa shape index (κ2) is 42.1. The monoisotopic (exact) mass is 1460 g/mol. The molecule has 6 fully saturated rings. The Balaban J connectivity index is 1.17. The number of carbonyl (C=O) groups is 6. The summed E-state index contributed by atoms with van der Waals surface area (Å²) in [7, 11) is 1.21. The van der Waals surface area contributed by atoms with Gasteiger partial charge in [0.2, 0.25) is 29.5 Å². The molecule has 0 aromatic rings. The van der Waals surface area contributed by atoms with Crippen LogP contribution in [0, 0.1) is 0 Å². The van der Waals surface area contributed by atoms with Gasteiger partial charge in [0, 0.05) is 48.1 Å². The number of esters is 1. The van der Waals surface area contributed by atoms with Crippen LogP contribution in [-0.4, -0.2) is 321 Å². The molecule has 17 N–H and O–H groups in total. The van der Waals surface area contributed by atoms with Crippen LogP contribution in [0.1, 0.15) is 138 Å². The van der Waals surface area contributed by atoms with Crippen molar-refractivity contribution in [3.05, 3.63) is 12.2 Å². The SMILES string of the molecule is CCCCCC/C=C\CCCCCCCCCC(=O)NC1C(O)[C@H](O)C(COC(C)=O)O[C@H]1O[C@@H]1C(CO)O[C@@H](O[C@@H]2C(CO)O[C@@H](O[C@@H]3C(CO)O[C@@H](O[C@@H]4C(CO[C@@H]5OC(C)[C@@H](O)C(O)C5OC)O[C@@H](O)C(NC(C)=O)C4O)C(NC(C)=O)C3O)[C@@H](NC(C)=O)C2O)C(NC(C)=O)C1O. The van der Waals surface area contributed by atoms with E-state index in [0.717, 1.165) is 86.0 Å². The standard InChI is InChI=1S/C65H111N5O31/c1-9-10-11-12-13-14-15-16-17-18-19-20-21-22-23-24-41(79)70-43-49(82)48(81)39(28-90-35(7)78)97-61(43)98-55-36(25-71)94-62(44(51(55)84)67-32(4)75)99-56-37(26-72)95-63(45(52(56)85)68-33(5)76)100-57-38(27-73)96-64(46(53(57)86)69-34(6)77)101-58-40(93-60(88)42(50(58)83)66-31(3)74)29-91-65-59(89-8)54(87)47(80)30(2)92-65/h14-15,30,36-40,42-65,71-73,80-88H,9-13,16-29H2,1-8H3,(H,66,74)(H,67,75)(H,68,76)(H,69,77)(H,70,79)/b15-14-/t30?,36?,37?,38?,39?,40?,42?,43?,44?,45-,46?,47+,48+,49?,50?,51?,52?,53?,54?,55+,56+,57+,58+,59?,60+,61-,62-,63-,64-,65+/m0/s1. The fourth-order valence-electron chi connectivity index (χ4n) is 13.2. The molecule has 36 nitrogen and oxygen atoms in total. The maximum absolute atomic E-state index is 13.6. The summed E-state index contributed by atoms with van der Waals surface area (Å²) in [5.74, 6) is -4.53. The summed E-state index contributed by atoms with van der Waals surface area (Å²) in [5, 5.41) is 149. The number of methoxy groups -OCH3 is 1. The minimum Gasteiger partial charge on any atom is -0.463 e. The average Bonchev–Trinajstić information content (AvgIpc) is 0.772. The summed E-state index contributed by atoms with van der Waals surface area (Å²) in [5.41, 5.74) is 0. The molecule has 0 bridgehead atoms. The number of ether oxygens (including phenoxy) is 13. The molecule has 30 atom stereocenters. The van der Waals surface area contributed by atoms with Gasteiger partial charge in [0.25, 0.3) is 0 Å². The Morgan fingerprint density at radius 1 is 0.396 bits per heavy atom. The number of hydrogen-bond donors (Lipinski definition) is 17. The predicted molar refractivity (Wildman–Crippen MR) is 344 cm³/mol. The van der Waals surface area contributed by atoms with Gasteiger partial charge in [0.15, 0.2) is 37.7 Å². The molecule has 6 aliphatic rings. The van der Waals surface area contributed by atoms with Gasteiger partial charge in [-0.05, 0) is 39.0 Å². The number of rotatable bonds is 37. The van der Waals surface area contributed by atoms with Gasteiger partial charge in [-0.2, -0.15) is 0 Å². The molecular formula is C65H111N5O31. The fraction of sp³-hybridized carbons (Fsp3) is 0.877. The molecule has 0 aliphatic carbocycles. The van der Waals surface area contributed by atoms with Gasteiger partial charge in [-0.1, -0.05) is 70.4 Å². The third-order valence-corrected chi connectivity index (χ3v) is 18.5. The lowest BCUT2D eigenvalue weighted by molar-refractivity contribution is -0.368. The minimum atomic E-state index is -2.06. The highest BCUT2D eigenvalue weighted by atomic mass is 16.8. The number of aliphatic hydroxyl groups excluding tert-OH is 12. The Hall–Kier alpha value is -4.40. The normalized spacial score (nSPS) is 39.0. The predicted octanol–water partition coefficient (Wildman–Crippen LogP) is -5.11. The third-order valence-electron chi connectivity index (χ3n) is 18.5. The lowest BCUT2D eigenvalue weighted by atomic mass is 9.93. The van der Waals surface area contributed by atoms with E-state index in [1.165, 1.54) is 39.7 Å². The van der Waals surface area contributed by atoms with E-state index >= 15 is 0 Å². The molecular weight excluding hydrogens is 1350 g/mol. The third kappa shape index (κ3) is 24.1. The molecule has 36 heteroatoms. The highest BCUT2D eigenvalue weighted by Gasteiger charge is 2.58. The van der Waals surface area contributed by atoms with E-state index in [9.17, 15) is 90.0 Å². The van der Waals surface area contributed by atoms with Crippen molar-refractivity contribution in [1.29, 1.82) is 0 Å². The van der Waals surface area contributed by atoms with Gasteiger partial charge in [-0.15, -0.1) is 0 Å². The van der Waals surface area contributed by atoms with E-state index in [2.05, 4.69) is 45.7 Å². The number of aliphatic hydroxyl groups is 12. The van der Waals surface area contributed by atoms with E-state index in [-0.39, 0.29) is 6.42 Å². The van der Waals surface area contributed by atoms with Crippen molar-refractivity contribution in [2.75, 3.05) is 40.1 Å². The number of nitrogens with one attached hydrogen (secondary N) is 5. The zero-order chi connectivity index (χ0) is 74.4. The maximum Gasteiger partial charge on any atom is 0.302 e. The number of hydrogen-bond acceptors (Lipinski definition) is 31. The molecule has 6 saturated heterocycles. The van der Waals surface area contributed by atoms with E-state index in [1.807, 2.05) is 0 Å². The summed E-state index contributed by atoms with van der Waals surface area (Å²) < 4.78 is 77.4. The number of unbranched alkanes of at least 4 members (excludes halogenated alkanes) is 11. The Kier molecular flexibility index (Phi) is 35.6. The smallest absolute Gasteiger partial charge is 0.302 e. The van der Waals surface area contributed by atoms with Crippen molar-refractivity contribution in [1.82, 2.24) is 26.6 Å². The van der Waals surface area contributed by atoms with E-state index in [1.54, 1.807) is 0 Å². The molecule has 6 heterocycles. The van der Waals surface area contributed by atoms with Crippen LogP contribution < -0.4 is 26.6 Å². The minimum absolute atomic E-state index is 0.00347. The van der Waals surface area contributed by atoms with Crippen LogP contribution in [0.15, 0.2) is 12.2 Å². The molecule has 101 heavy (non-hydrogen) atoms. The van der Waals surface area contributed by atoms with Gasteiger partial charge in [0.05, 0.1) is 32.5 Å². The molecule has 0 saturated carbocycles. The Labute approximate surface area is 586 Å². The average molecular weight is 1460 g/mol. The molecule has 6 rings (SSSR count). The molecule has 0 aromatic carbocycles. The number of carbonyl (C=O) groups excluding carboxylic acids is 6. The summed E-state index contributed by atoms with van der Waals surface area (Å²) in [6, 6.07) is -8.44. The van der Waals surface area contributed by atoms with Crippen LogP contribution in [0.4, 0.5) is 0 Å². The number of amides is 5. The van der Waals surface area contributed by atoms with Gasteiger partial charge in [-0.25, -0.2) is 0 Å². The quantitative estimate of drug-likeness (QED) is 0.0157. The van der Waals surface area contributed by atoms with Gasteiger partial charge in [0.1, 0.15) is 147 Å². The van der Waals surface area contributed by atoms with Crippen LogP contribution in [0.2, 0.25) is 0 Å². The zero-order valence-electron chi connectivity index (χ0n) is 58.5. The van der Waals surface area contributed by atoms with Crippen LogP contribution in [-0.2, 0) is 90.3 Å². The summed E-state index contributed by atoms with van der Waals surface area (Å²) in [6.07, 6.45) is -25.3. The van der Waals surface area contributed by atoms with Gasteiger partial charge in [-0.3, -0.25) is 28.8 Å². The highest BCUT2D eigenvalue weighted by Crippen LogP contribution is 2.37. The van der Waals surface area contributed by atoms with Crippen LogP contribution >= 0.6 is 0 Å². The molecule has 0 spiro atoms. The second-order valence-corrected chi connectivity index (χ2v) is 26.5. The molecule has 0 radical (unpaired) electrons. The van der Waals surface area contributed by atoms with Crippen LogP contribution in [0.5, 0.6) is 0 Å². The Morgan fingerprint density at radius 3 is 1.20 bits per heavy atom. The highest BCUT2D eigenvalue weighted by molar-refractivity contribution is 5.76. The summed E-state index contributed by atoms with van der Waals surface area (Å²) in [6.45, 7) is 4.63. The largest absolute Gasteiger partial charge is 0.463 e. The van der Waals surface area contributed by atoms with Crippen molar-refractivity contribution in [3.8, 4) is 0 Å². The first-order valence-electron chi connectivity index (χ1n) is 34.9. The molecule has 582 valence electrons. The van der Waals surface area contributed by atoms with Crippen molar-refractivity contribution < 1.29 is 152 Å². The molecule has 0 aromatic heterocycles. The van der Waals surface area contributed by atoms with Crippen LogP contribution in [0.3, 0.4) is 0 Å². The van der Waals surface area contributed by atoms with Crippen molar-refractivity contribution in [2.24, 2.45) is 0 Å². The van der Waals surface area contributed by atoms with Crippen molar-refractivity contribution >= 4 is 35.5 Å². The maximum atomic E-state index is 13.6. The first-order valence-corrected chi connectivity index (χ1v) is 34.9. The summed E-state index contributed by atoms with van der Waals surface area (Å²) in [4.78, 5) is 76.7. The van der Waals surface area contributed by atoms with E-state index in [4.69, 9.17) is 61.6 Å². The van der Waals surface area contributed by atoms with E-state index < -0.39 is 252 Å². The van der Waals surface area contributed by atoms with Crippen molar-refractivity contribution in [2.45, 2.75) is 322 Å². The first kappa shape index (κ1) is 85.5. The number of allylic oxidation sites excluding steroid dienone is 2.